The van der Waals surface area contributed by atoms with E-state index < -0.39 is 17.7 Å². The smallest absolute Gasteiger partial charge is 0.410 e. The second-order valence-electron chi connectivity index (χ2n) is 7.93. The molecule has 2 aliphatic rings. The Morgan fingerprint density at radius 2 is 1.81 bits per heavy atom. The molecule has 2 heterocycles. The average Bonchev–Trinajstić information content (AvgIpc) is 2.67. The number of nitrogens with one attached hydrogen (secondary N) is 1. The number of morpholine rings is 1. The Balaban J connectivity index is 2.01. The molecule has 1 N–H and O–H groups in total. The van der Waals surface area contributed by atoms with Gasteiger partial charge in [0.05, 0.1) is 19.3 Å². The summed E-state index contributed by atoms with van der Waals surface area (Å²) in [5, 5.41) is 12.5. The molecule has 152 valence electrons. The van der Waals surface area contributed by atoms with E-state index in [4.69, 9.17) is 9.47 Å². The third-order valence-corrected chi connectivity index (χ3v) is 5.23. The molecule has 0 saturated carbocycles. The van der Waals surface area contributed by atoms with E-state index in [1.807, 2.05) is 7.05 Å². The number of piperidine rings is 1. The van der Waals surface area contributed by atoms with E-state index in [9.17, 15) is 14.9 Å². The monoisotopic (exact) mass is 380 g/mol. The lowest BCUT2D eigenvalue weighted by molar-refractivity contribution is -0.132. The van der Waals surface area contributed by atoms with Crippen molar-refractivity contribution in [1.29, 1.82) is 5.26 Å². The van der Waals surface area contributed by atoms with Gasteiger partial charge in [-0.15, -0.1) is 0 Å². The zero-order valence-electron chi connectivity index (χ0n) is 16.7. The van der Waals surface area contributed by atoms with E-state index in [-0.39, 0.29) is 5.91 Å². The minimum atomic E-state index is -0.884. The van der Waals surface area contributed by atoms with E-state index >= 15 is 0 Å². The lowest BCUT2D eigenvalue weighted by Gasteiger charge is -2.37. The van der Waals surface area contributed by atoms with E-state index in [0.717, 1.165) is 19.5 Å². The second kappa shape index (κ2) is 9.90. The minimum absolute atomic E-state index is 0.372. The van der Waals surface area contributed by atoms with Gasteiger partial charge in [-0.05, 0) is 38.6 Å². The first-order valence-electron chi connectivity index (χ1n) is 9.80. The maximum Gasteiger partial charge on any atom is 0.410 e. The van der Waals surface area contributed by atoms with Crippen LogP contribution in [0.25, 0.3) is 0 Å². The fraction of sp³-hybridized carbons (Fsp3) is 0.842. The van der Waals surface area contributed by atoms with Crippen molar-refractivity contribution in [3.8, 4) is 6.07 Å². The van der Waals surface area contributed by atoms with Gasteiger partial charge in [0.1, 0.15) is 5.54 Å². The highest BCUT2D eigenvalue weighted by molar-refractivity contribution is 5.84. The molecule has 0 bridgehead atoms. The van der Waals surface area contributed by atoms with Crippen LogP contribution < -0.4 is 5.32 Å². The van der Waals surface area contributed by atoms with E-state index in [1.165, 1.54) is 0 Å². The summed E-state index contributed by atoms with van der Waals surface area (Å²) >= 11 is 0. The zero-order valence-corrected chi connectivity index (χ0v) is 16.7. The van der Waals surface area contributed by atoms with Gasteiger partial charge in [0, 0.05) is 26.2 Å². The van der Waals surface area contributed by atoms with Crippen molar-refractivity contribution < 1.29 is 19.1 Å². The summed E-state index contributed by atoms with van der Waals surface area (Å²) in [6.45, 7) is 7.50. The predicted octanol–water partition coefficient (Wildman–Crippen LogP) is 1.36. The van der Waals surface area contributed by atoms with Gasteiger partial charge in [-0.2, -0.15) is 5.26 Å². The van der Waals surface area contributed by atoms with Crippen molar-refractivity contribution in [2.24, 2.45) is 5.92 Å². The van der Waals surface area contributed by atoms with Crippen molar-refractivity contribution >= 4 is 12.0 Å². The van der Waals surface area contributed by atoms with Crippen LogP contribution in [0.3, 0.4) is 0 Å². The first-order chi connectivity index (χ1) is 12.8. The first-order valence-corrected chi connectivity index (χ1v) is 9.80. The van der Waals surface area contributed by atoms with Gasteiger partial charge in [0.25, 0.3) is 5.91 Å². The molecule has 0 spiro atoms. The molecule has 0 aromatic rings. The van der Waals surface area contributed by atoms with Crippen LogP contribution in [0.15, 0.2) is 0 Å². The average molecular weight is 380 g/mol. The van der Waals surface area contributed by atoms with Gasteiger partial charge >= 0.3 is 6.09 Å². The van der Waals surface area contributed by atoms with Crippen molar-refractivity contribution in [2.75, 3.05) is 46.4 Å². The molecule has 2 rings (SSSR count). The zero-order chi connectivity index (χ0) is 19.9. The summed E-state index contributed by atoms with van der Waals surface area (Å²) in [4.78, 5) is 29.0. The number of carbonyl (C=O) groups excluding carboxylic acids is 2. The molecular weight excluding hydrogens is 348 g/mol. The standard InChI is InChI=1S/C19H32N4O4/c1-15(2)4-5-16(27-18(25)23-10-12-26-13-11-23)17(24)21-19(14-20)6-8-22(3)9-7-19/h15-16H,4-13H2,1-3H3,(H,21,24). The normalized spacial score (nSPS) is 21.4. The van der Waals surface area contributed by atoms with Gasteiger partial charge in [-0.25, -0.2) is 4.79 Å². The number of hydrogen-bond acceptors (Lipinski definition) is 6. The van der Waals surface area contributed by atoms with Crippen molar-refractivity contribution in [3.05, 3.63) is 0 Å². The summed E-state index contributed by atoms with van der Waals surface area (Å²) in [7, 11) is 2.00. The Bertz CT molecular complexity index is 546. The summed E-state index contributed by atoms with van der Waals surface area (Å²) < 4.78 is 10.8. The first kappa shape index (κ1) is 21.5. The van der Waals surface area contributed by atoms with Crippen LogP contribution in [-0.2, 0) is 14.3 Å². The lowest BCUT2D eigenvalue weighted by Crippen LogP contribution is -2.56. The minimum Gasteiger partial charge on any atom is -0.436 e. The molecule has 1 unspecified atom stereocenters. The van der Waals surface area contributed by atoms with Crippen molar-refractivity contribution in [2.45, 2.75) is 51.2 Å². The Morgan fingerprint density at radius 1 is 1.19 bits per heavy atom. The number of carbonyl (C=O) groups is 2. The summed E-state index contributed by atoms with van der Waals surface area (Å²) in [5.74, 6) is 0.0130. The third kappa shape index (κ3) is 6.36. The van der Waals surface area contributed by atoms with Crippen LogP contribution in [0.4, 0.5) is 4.79 Å². The fourth-order valence-corrected chi connectivity index (χ4v) is 3.25. The van der Waals surface area contributed by atoms with Gasteiger partial charge in [0.2, 0.25) is 0 Å². The maximum atomic E-state index is 12.9. The molecular formula is C19H32N4O4. The van der Waals surface area contributed by atoms with Crippen LogP contribution in [-0.4, -0.2) is 79.9 Å². The van der Waals surface area contributed by atoms with Crippen LogP contribution in [0.5, 0.6) is 0 Å². The molecule has 2 saturated heterocycles. The largest absolute Gasteiger partial charge is 0.436 e. The van der Waals surface area contributed by atoms with Crippen LogP contribution in [0.2, 0.25) is 0 Å². The molecule has 2 aliphatic heterocycles. The highest BCUT2D eigenvalue weighted by Crippen LogP contribution is 2.22. The number of likely N-dealkylation sites (tertiary alicyclic amines) is 1. The molecule has 2 fully saturated rings. The quantitative estimate of drug-likeness (QED) is 0.748. The SMILES string of the molecule is CC(C)CCC(OC(=O)N1CCOCC1)C(=O)NC1(C#N)CCN(C)CC1. The molecule has 8 nitrogen and oxygen atoms in total. The molecule has 2 amide bonds. The van der Waals surface area contributed by atoms with Crippen molar-refractivity contribution in [1.82, 2.24) is 15.1 Å². The van der Waals surface area contributed by atoms with Crippen LogP contribution in [0.1, 0.15) is 39.5 Å². The molecule has 0 aromatic heterocycles. The number of nitrogens with zero attached hydrogens (tertiary/aromatic N) is 3. The molecule has 27 heavy (non-hydrogen) atoms. The summed E-state index contributed by atoms with van der Waals surface area (Å²) in [6.07, 6.45) is 0.974. The van der Waals surface area contributed by atoms with E-state index in [2.05, 4.69) is 30.1 Å². The van der Waals surface area contributed by atoms with E-state index in [1.54, 1.807) is 4.90 Å². The molecule has 0 aromatic carbocycles. The molecule has 8 heteroatoms. The Kier molecular flexibility index (Phi) is 7.87. The third-order valence-electron chi connectivity index (χ3n) is 5.23. The molecule has 1 atom stereocenters. The van der Waals surface area contributed by atoms with Gasteiger partial charge in [-0.3, -0.25) is 4.79 Å². The molecule has 0 aliphatic carbocycles. The highest BCUT2D eigenvalue weighted by atomic mass is 16.6. The summed E-state index contributed by atoms with van der Waals surface area (Å²) in [6, 6.07) is 2.28. The highest BCUT2D eigenvalue weighted by Gasteiger charge is 2.38. The van der Waals surface area contributed by atoms with Gasteiger partial charge in [-0.1, -0.05) is 13.8 Å². The Labute approximate surface area is 161 Å². The predicted molar refractivity (Wildman–Crippen MR) is 100.0 cm³/mol. The van der Waals surface area contributed by atoms with Gasteiger partial charge in [0.15, 0.2) is 6.10 Å². The van der Waals surface area contributed by atoms with Crippen LogP contribution in [0, 0.1) is 17.2 Å². The fourth-order valence-electron chi connectivity index (χ4n) is 3.25. The van der Waals surface area contributed by atoms with Crippen molar-refractivity contribution in [3.63, 3.8) is 0 Å². The lowest BCUT2D eigenvalue weighted by atomic mass is 9.88. The number of nitriles is 1. The summed E-state index contributed by atoms with van der Waals surface area (Å²) in [5.41, 5.74) is -0.884. The number of rotatable bonds is 6. The van der Waals surface area contributed by atoms with Crippen LogP contribution >= 0.6 is 0 Å². The number of ether oxygens (including phenoxy) is 2. The second-order valence-corrected chi connectivity index (χ2v) is 7.93. The number of hydrogen-bond donors (Lipinski definition) is 1. The Morgan fingerprint density at radius 3 is 2.37 bits per heavy atom. The topological polar surface area (TPSA) is 94.9 Å². The van der Waals surface area contributed by atoms with E-state index in [0.29, 0.717) is 51.5 Å². The number of amides is 2. The maximum absolute atomic E-state index is 12.9. The van der Waals surface area contributed by atoms with Gasteiger partial charge < -0.3 is 24.6 Å². The molecule has 0 radical (unpaired) electrons. The Hall–Kier alpha value is -1.85.